The van der Waals surface area contributed by atoms with Gasteiger partial charge >= 0.3 is 0 Å². The van der Waals surface area contributed by atoms with Gasteiger partial charge in [0.05, 0.1) is 6.54 Å². The zero-order valence-electron chi connectivity index (χ0n) is 7.27. The van der Waals surface area contributed by atoms with E-state index in [0.717, 1.165) is 5.56 Å². The predicted molar refractivity (Wildman–Crippen MR) is 50.0 cm³/mol. The second-order valence-electron chi connectivity index (χ2n) is 2.72. The summed E-state index contributed by atoms with van der Waals surface area (Å²) < 4.78 is 0. The number of nitrogens with zero attached hydrogens (tertiary/aromatic N) is 1. The van der Waals surface area contributed by atoms with Crippen LogP contribution in [0.2, 0.25) is 0 Å². The van der Waals surface area contributed by atoms with Crippen molar-refractivity contribution >= 4 is 0 Å². The highest BCUT2D eigenvalue weighted by molar-refractivity contribution is 5.14. The molecule has 0 atom stereocenters. The maximum Gasteiger partial charge on any atom is 0.216 e. The highest BCUT2D eigenvalue weighted by Gasteiger charge is 1.95. The molecule has 1 N–H and O–H groups in total. The lowest BCUT2D eigenvalue weighted by Gasteiger charge is -2.00. The molecule has 0 spiro atoms. The second kappa shape index (κ2) is 5.27. The molecule has 0 saturated carbocycles. The van der Waals surface area contributed by atoms with Crippen molar-refractivity contribution in [1.29, 1.82) is 0 Å². The Balaban J connectivity index is 2.17. The summed E-state index contributed by atoms with van der Waals surface area (Å²) in [5, 5.41) is 13.0. The van der Waals surface area contributed by atoms with Gasteiger partial charge in [-0.2, -0.15) is 0 Å². The Labute approximate surface area is 76.7 Å². The van der Waals surface area contributed by atoms with Gasteiger partial charge in [0.2, 0.25) is 6.54 Å². The molecular weight excluding hydrogens is 168 g/mol. The molecule has 0 aliphatic carbocycles. The first-order valence-corrected chi connectivity index (χ1v) is 4.15. The molecule has 1 aromatic rings. The molecule has 0 aliphatic rings. The van der Waals surface area contributed by atoms with E-state index in [0.29, 0.717) is 13.1 Å². The van der Waals surface area contributed by atoms with Crippen LogP contribution in [0.1, 0.15) is 5.56 Å². The summed E-state index contributed by atoms with van der Waals surface area (Å²) in [6, 6.07) is 9.81. The molecule has 4 heteroatoms. The Morgan fingerprint density at radius 2 is 2.00 bits per heavy atom. The molecule has 0 aromatic heterocycles. The van der Waals surface area contributed by atoms with Gasteiger partial charge in [0.15, 0.2) is 0 Å². The van der Waals surface area contributed by atoms with Crippen LogP contribution in [0.4, 0.5) is 0 Å². The minimum absolute atomic E-state index is 0.0210. The van der Waals surface area contributed by atoms with E-state index < -0.39 is 0 Å². The summed E-state index contributed by atoms with van der Waals surface area (Å²) in [5.41, 5.74) is 1.14. The van der Waals surface area contributed by atoms with Crippen LogP contribution < -0.4 is 5.32 Å². The van der Waals surface area contributed by atoms with Gasteiger partial charge in [-0.3, -0.25) is 10.1 Å². The zero-order valence-corrected chi connectivity index (χ0v) is 7.27. The van der Waals surface area contributed by atoms with Crippen molar-refractivity contribution in [1.82, 2.24) is 5.32 Å². The van der Waals surface area contributed by atoms with Crippen molar-refractivity contribution in [2.24, 2.45) is 0 Å². The third-order valence-electron chi connectivity index (χ3n) is 1.64. The fourth-order valence-corrected chi connectivity index (χ4v) is 0.999. The van der Waals surface area contributed by atoms with E-state index in [1.165, 1.54) is 0 Å². The molecule has 0 fully saturated rings. The number of hydrogen-bond donors (Lipinski definition) is 1. The van der Waals surface area contributed by atoms with Gasteiger partial charge in [0.25, 0.3) is 0 Å². The van der Waals surface area contributed by atoms with Crippen molar-refractivity contribution in [3.05, 3.63) is 46.0 Å². The van der Waals surface area contributed by atoms with E-state index in [4.69, 9.17) is 0 Å². The maximum atomic E-state index is 9.98. The van der Waals surface area contributed by atoms with E-state index in [-0.39, 0.29) is 11.5 Å². The quantitative estimate of drug-likeness (QED) is 0.418. The largest absolute Gasteiger partial charge is 0.307 e. The van der Waals surface area contributed by atoms with E-state index in [1.54, 1.807) is 0 Å². The zero-order chi connectivity index (χ0) is 9.52. The lowest BCUT2D eigenvalue weighted by atomic mass is 10.2. The Morgan fingerprint density at radius 3 is 2.62 bits per heavy atom. The fraction of sp³-hybridized carbons (Fsp3) is 0.333. The molecule has 0 unspecified atom stereocenters. The lowest BCUT2D eigenvalue weighted by Crippen LogP contribution is -2.21. The average molecular weight is 180 g/mol. The minimum atomic E-state index is -0.321. The summed E-state index contributed by atoms with van der Waals surface area (Å²) in [4.78, 5) is 9.65. The van der Waals surface area contributed by atoms with Crippen LogP contribution in [-0.2, 0) is 6.54 Å². The van der Waals surface area contributed by atoms with Crippen molar-refractivity contribution in [3.63, 3.8) is 0 Å². The molecule has 4 nitrogen and oxygen atoms in total. The van der Waals surface area contributed by atoms with E-state index in [2.05, 4.69) is 5.32 Å². The van der Waals surface area contributed by atoms with E-state index in [9.17, 15) is 10.1 Å². The predicted octanol–water partition coefficient (Wildman–Crippen LogP) is 1.05. The van der Waals surface area contributed by atoms with Crippen molar-refractivity contribution in [2.75, 3.05) is 13.1 Å². The number of nitrogens with one attached hydrogen (secondary N) is 1. The number of nitro groups is 1. The minimum Gasteiger partial charge on any atom is -0.307 e. The first-order chi connectivity index (χ1) is 6.29. The topological polar surface area (TPSA) is 55.2 Å². The highest BCUT2D eigenvalue weighted by Crippen LogP contribution is 1.96. The molecule has 0 saturated heterocycles. The summed E-state index contributed by atoms with van der Waals surface area (Å²) in [6.07, 6.45) is 0. The average Bonchev–Trinajstić information content (AvgIpc) is 2.14. The van der Waals surface area contributed by atoms with Gasteiger partial charge in [0.1, 0.15) is 0 Å². The van der Waals surface area contributed by atoms with Crippen LogP contribution >= 0.6 is 0 Å². The van der Waals surface area contributed by atoms with Gasteiger partial charge in [-0.05, 0) is 5.56 Å². The van der Waals surface area contributed by atoms with Crippen molar-refractivity contribution in [3.8, 4) is 0 Å². The van der Waals surface area contributed by atoms with Crippen molar-refractivity contribution in [2.45, 2.75) is 6.54 Å². The summed E-state index contributed by atoms with van der Waals surface area (Å²) in [6.45, 7) is 1.09. The summed E-state index contributed by atoms with van der Waals surface area (Å²) in [7, 11) is 0. The first-order valence-electron chi connectivity index (χ1n) is 4.15. The third kappa shape index (κ3) is 4.22. The second-order valence-corrected chi connectivity index (χ2v) is 2.72. The molecule has 70 valence electrons. The summed E-state index contributed by atoms with van der Waals surface area (Å²) >= 11 is 0. The Kier molecular flexibility index (Phi) is 3.92. The molecule has 0 aliphatic heterocycles. The standard InChI is InChI=1S/C9H12N2O2/c12-11(13)7-6-10-8-9-4-2-1-3-5-9/h1-5,10H,6-8H2. The maximum absolute atomic E-state index is 9.98. The van der Waals surface area contributed by atoms with Gasteiger partial charge < -0.3 is 5.32 Å². The summed E-state index contributed by atoms with van der Waals surface area (Å²) in [5.74, 6) is 0. The van der Waals surface area contributed by atoms with E-state index in [1.807, 2.05) is 30.3 Å². The van der Waals surface area contributed by atoms with Gasteiger partial charge in [0, 0.05) is 11.5 Å². The Morgan fingerprint density at radius 1 is 1.31 bits per heavy atom. The van der Waals surface area contributed by atoms with Crippen LogP contribution in [0, 0.1) is 10.1 Å². The van der Waals surface area contributed by atoms with Gasteiger partial charge in [-0.15, -0.1) is 0 Å². The smallest absolute Gasteiger partial charge is 0.216 e. The van der Waals surface area contributed by atoms with Crippen LogP contribution in [0.15, 0.2) is 30.3 Å². The van der Waals surface area contributed by atoms with Crippen LogP contribution in [0.5, 0.6) is 0 Å². The molecule has 1 rings (SSSR count). The first kappa shape index (κ1) is 9.67. The number of benzene rings is 1. The monoisotopic (exact) mass is 180 g/mol. The molecule has 1 aromatic carbocycles. The normalized spacial score (nSPS) is 9.85. The van der Waals surface area contributed by atoms with Crippen LogP contribution in [0.25, 0.3) is 0 Å². The molecule has 13 heavy (non-hydrogen) atoms. The molecule has 0 radical (unpaired) electrons. The molecular formula is C9H12N2O2. The van der Waals surface area contributed by atoms with Crippen LogP contribution in [0.3, 0.4) is 0 Å². The number of hydrogen-bond acceptors (Lipinski definition) is 3. The van der Waals surface area contributed by atoms with Gasteiger partial charge in [-0.25, -0.2) is 0 Å². The fourth-order valence-electron chi connectivity index (χ4n) is 0.999. The number of rotatable bonds is 5. The van der Waals surface area contributed by atoms with Crippen LogP contribution in [-0.4, -0.2) is 18.0 Å². The molecule has 0 heterocycles. The third-order valence-corrected chi connectivity index (χ3v) is 1.64. The highest BCUT2D eigenvalue weighted by atomic mass is 16.6. The lowest BCUT2D eigenvalue weighted by molar-refractivity contribution is -0.477. The molecule has 0 bridgehead atoms. The van der Waals surface area contributed by atoms with E-state index >= 15 is 0 Å². The Bertz CT molecular complexity index is 262. The Hall–Kier alpha value is -1.42. The SMILES string of the molecule is O=[N+]([O-])CCNCc1ccccc1. The molecule has 0 amide bonds. The van der Waals surface area contributed by atoms with Crippen molar-refractivity contribution < 1.29 is 4.92 Å². The van der Waals surface area contributed by atoms with Gasteiger partial charge in [-0.1, -0.05) is 30.3 Å².